The number of rotatable bonds is 7. The molecule has 0 aliphatic carbocycles. The first-order valence-electron chi connectivity index (χ1n) is 15.3. The molecule has 0 spiro atoms. The fourth-order valence-electron chi connectivity index (χ4n) is 6.32. The minimum Gasteiger partial charge on any atom is -0.330 e. The first-order chi connectivity index (χ1) is 20.9. The smallest absolute Gasteiger partial charge is 0.261 e. The van der Waals surface area contributed by atoms with E-state index in [9.17, 15) is 9.59 Å². The van der Waals surface area contributed by atoms with Crippen molar-refractivity contribution in [3.63, 3.8) is 0 Å². The summed E-state index contributed by atoms with van der Waals surface area (Å²) in [5.41, 5.74) is 10.0. The van der Waals surface area contributed by atoms with Crippen LogP contribution in [0.1, 0.15) is 70.6 Å². The van der Waals surface area contributed by atoms with Gasteiger partial charge in [-0.3, -0.25) is 24.3 Å². The lowest BCUT2D eigenvalue weighted by molar-refractivity contribution is -0.897. The second-order valence-corrected chi connectivity index (χ2v) is 11.6. The van der Waals surface area contributed by atoms with Crippen molar-refractivity contribution in [1.29, 1.82) is 0 Å². The molecule has 0 radical (unpaired) electrons. The number of carbonyl (C=O) groups is 2. The first kappa shape index (κ1) is 32.5. The summed E-state index contributed by atoms with van der Waals surface area (Å²) in [6, 6.07) is 29.2. The lowest BCUT2D eigenvalue weighted by Gasteiger charge is -2.25. The van der Waals surface area contributed by atoms with E-state index in [4.69, 9.17) is 10.9 Å². The van der Waals surface area contributed by atoms with Gasteiger partial charge in [0.05, 0.1) is 11.1 Å². The van der Waals surface area contributed by atoms with Crippen molar-refractivity contribution in [3.05, 3.63) is 107 Å². The van der Waals surface area contributed by atoms with E-state index in [1.54, 1.807) is 12.1 Å². The van der Waals surface area contributed by atoms with Crippen LogP contribution < -0.4 is 17.2 Å². The van der Waals surface area contributed by atoms with Gasteiger partial charge in [-0.25, -0.2) is 0 Å². The molecule has 9 nitrogen and oxygen atoms in total. The van der Waals surface area contributed by atoms with Crippen LogP contribution in [0.15, 0.2) is 84.9 Å². The maximum absolute atomic E-state index is 12.5. The zero-order chi connectivity index (χ0) is 30.8. The fraction of sp³-hybridized carbons (Fsp3) is 0.412. The number of hydrogen-bond donors (Lipinski definition) is 4. The zero-order valence-electron chi connectivity index (χ0n) is 25.4. The molecule has 3 heterocycles. The third-order valence-corrected chi connectivity index (χ3v) is 8.95. The molecule has 6 rings (SSSR count). The fourth-order valence-corrected chi connectivity index (χ4v) is 6.32. The molecule has 0 aromatic heterocycles. The number of nitrogens with zero attached hydrogens (tertiary/aromatic N) is 3. The van der Waals surface area contributed by atoms with Crippen molar-refractivity contribution >= 4 is 11.8 Å². The number of likely N-dealkylation sites (tertiary alicyclic amines) is 2. The Hall–Kier alpha value is -3.44. The molecular formula is C34H47N6O3+. The van der Waals surface area contributed by atoms with E-state index in [-0.39, 0.29) is 11.8 Å². The van der Waals surface area contributed by atoms with E-state index in [1.807, 2.05) is 18.2 Å². The maximum Gasteiger partial charge on any atom is 0.261 e. The lowest BCUT2D eigenvalue weighted by atomic mass is 10.1. The molecule has 2 fully saturated rings. The lowest BCUT2D eigenvalue weighted by Crippen LogP contribution is -2.88. The van der Waals surface area contributed by atoms with E-state index in [0.717, 1.165) is 32.6 Å². The van der Waals surface area contributed by atoms with Crippen molar-refractivity contribution in [3.8, 4) is 0 Å². The third kappa shape index (κ3) is 8.14. The van der Waals surface area contributed by atoms with Gasteiger partial charge in [-0.05, 0) is 81.4 Å². The van der Waals surface area contributed by atoms with E-state index in [0.29, 0.717) is 47.2 Å². The second-order valence-electron chi connectivity index (χ2n) is 11.6. The quantitative estimate of drug-likeness (QED) is 0.190. The molecule has 2 amide bonds. The van der Waals surface area contributed by atoms with Crippen LogP contribution in [0.5, 0.6) is 0 Å². The van der Waals surface area contributed by atoms with Crippen LogP contribution in [0.3, 0.4) is 0 Å². The summed E-state index contributed by atoms with van der Waals surface area (Å²) < 4.78 is 0. The van der Waals surface area contributed by atoms with Crippen LogP contribution in [-0.4, -0.2) is 71.0 Å². The Labute approximate surface area is 255 Å². The average Bonchev–Trinajstić information content (AvgIpc) is 3.79. The highest BCUT2D eigenvalue weighted by molar-refractivity contribution is 6.21. The minimum absolute atomic E-state index is 0.143. The number of quaternary nitrogens is 1. The number of nitrogens with two attached hydrogens (primary N) is 3. The minimum atomic E-state index is -0.143. The molecule has 4 atom stereocenters. The van der Waals surface area contributed by atoms with Crippen LogP contribution in [0.25, 0.3) is 0 Å². The predicted octanol–water partition coefficient (Wildman–Crippen LogP) is 3.21. The highest BCUT2D eigenvalue weighted by atomic mass is 16.5. The molecule has 0 saturated carbocycles. The van der Waals surface area contributed by atoms with Gasteiger partial charge >= 0.3 is 0 Å². The Balaban J connectivity index is 0.000000200. The van der Waals surface area contributed by atoms with Gasteiger partial charge in [-0.2, -0.15) is 11.0 Å². The third-order valence-electron chi connectivity index (χ3n) is 8.95. The summed E-state index contributed by atoms with van der Waals surface area (Å²) in [5.74, 6) is 5.04. The van der Waals surface area contributed by atoms with E-state index in [2.05, 4.69) is 84.1 Å². The molecule has 2 saturated heterocycles. The summed E-state index contributed by atoms with van der Waals surface area (Å²) in [6.45, 7) is 10.1. The molecule has 43 heavy (non-hydrogen) atoms. The van der Waals surface area contributed by atoms with Crippen LogP contribution in [0, 0.1) is 11.8 Å². The van der Waals surface area contributed by atoms with Gasteiger partial charge in [-0.1, -0.05) is 72.8 Å². The summed E-state index contributed by atoms with van der Waals surface area (Å²) >= 11 is 0. The molecule has 3 aromatic carbocycles. The van der Waals surface area contributed by atoms with Gasteiger partial charge in [0.2, 0.25) is 0 Å². The van der Waals surface area contributed by atoms with Gasteiger partial charge < -0.3 is 5.73 Å². The molecule has 0 bridgehead atoms. The number of amides is 2. The Morgan fingerprint density at radius 1 is 0.744 bits per heavy atom. The molecule has 9 heteroatoms. The first-order valence-corrected chi connectivity index (χ1v) is 15.3. The van der Waals surface area contributed by atoms with Gasteiger partial charge in [0.1, 0.15) is 0 Å². The summed E-state index contributed by atoms with van der Waals surface area (Å²) in [5, 5.41) is 7.22. The highest BCUT2D eigenvalue weighted by Gasteiger charge is 2.38. The topological polar surface area (TPSA) is 133 Å². The van der Waals surface area contributed by atoms with Gasteiger partial charge in [0.15, 0.2) is 0 Å². The summed E-state index contributed by atoms with van der Waals surface area (Å²) in [6.07, 6.45) is 2.28. The molecular weight excluding hydrogens is 540 g/mol. The van der Waals surface area contributed by atoms with Crippen LogP contribution in [0.4, 0.5) is 0 Å². The molecule has 7 N–H and O–H groups in total. The van der Waals surface area contributed by atoms with Crippen LogP contribution >= 0.6 is 0 Å². The largest absolute Gasteiger partial charge is 0.330 e. The Morgan fingerprint density at radius 2 is 1.14 bits per heavy atom. The number of carbonyl (C=O) groups excluding carboxylic acids is 2. The maximum atomic E-state index is 12.5. The highest BCUT2D eigenvalue weighted by Crippen LogP contribution is 2.30. The molecule has 3 aliphatic rings. The number of fused-ring (bicyclic) bond motifs is 1. The molecule has 230 valence electrons. The number of benzene rings is 3. The monoisotopic (exact) mass is 587 g/mol. The Morgan fingerprint density at radius 3 is 1.56 bits per heavy atom. The number of hydrogen-bond acceptors (Lipinski definition) is 7. The molecule has 3 aliphatic heterocycles. The van der Waals surface area contributed by atoms with E-state index < -0.39 is 0 Å². The van der Waals surface area contributed by atoms with E-state index in [1.165, 1.54) is 29.0 Å². The molecule has 0 unspecified atom stereocenters. The van der Waals surface area contributed by atoms with Crippen molar-refractivity contribution in [1.82, 2.24) is 14.7 Å². The average molecular weight is 588 g/mol. The summed E-state index contributed by atoms with van der Waals surface area (Å²) in [7, 11) is 0. The zero-order valence-corrected chi connectivity index (χ0v) is 25.4. The molecule has 3 aromatic rings. The van der Waals surface area contributed by atoms with Gasteiger partial charge in [0.25, 0.3) is 11.8 Å². The standard InChI is InChI=1S/C21H22N2O2.C13H20N2.H4N2O/c1-15(17-7-3-2-4-8-17)22-12-11-16(13-22)14-23-20(24)18-9-5-6-10-19(18)21(23)25;1-11(13-5-3-2-4-6-13)15-8-7-12(9-14)10-15;1-2-3/h2-10,15-16H,11-14H2,1H3;2-6,11-12H,7-10,14H2,1H3;2-3H,1H2/p+1/t15-,16-;11-,12+;/m00./s1. The number of imide groups is 1. The van der Waals surface area contributed by atoms with Crippen LogP contribution in [0.2, 0.25) is 0 Å². The van der Waals surface area contributed by atoms with Crippen molar-refractivity contribution in [2.75, 3.05) is 39.3 Å². The van der Waals surface area contributed by atoms with Crippen molar-refractivity contribution < 1.29 is 20.4 Å². The predicted molar refractivity (Wildman–Crippen MR) is 168 cm³/mol. The van der Waals surface area contributed by atoms with E-state index >= 15 is 0 Å². The van der Waals surface area contributed by atoms with Gasteiger partial charge in [0, 0.05) is 31.7 Å². The second kappa shape index (κ2) is 15.9. The summed E-state index contributed by atoms with van der Waals surface area (Å²) in [4.78, 5) is 31.5. The van der Waals surface area contributed by atoms with Gasteiger partial charge in [-0.15, -0.1) is 5.59 Å². The normalized spacial score (nSPS) is 21.5. The van der Waals surface area contributed by atoms with Crippen molar-refractivity contribution in [2.24, 2.45) is 23.4 Å². The Bertz CT molecular complexity index is 1270. The van der Waals surface area contributed by atoms with Crippen molar-refractivity contribution in [2.45, 2.75) is 38.8 Å². The van der Waals surface area contributed by atoms with Crippen LogP contribution in [-0.2, 0) is 0 Å². The SMILES string of the molecule is C[C@@H](c1ccccc1)N1CC[C@H](CN)C1.C[C@@H](c1ccccc1)N1CC[C@H](CN2C(=O)c3ccccc3C2=O)C1.N[NH2+]O. The Kier molecular flexibility index (Phi) is 12.0.